The summed E-state index contributed by atoms with van der Waals surface area (Å²) in [5, 5.41) is 11.9. The molecule has 0 saturated heterocycles. The first-order valence-electron chi connectivity index (χ1n) is 7.33. The summed E-state index contributed by atoms with van der Waals surface area (Å²) < 4.78 is 0. The number of aliphatic hydroxyl groups excluding tert-OH is 1. The molecule has 2 atom stereocenters. The Hall–Kier alpha value is -1.02. The minimum absolute atomic E-state index is 0.271. The van der Waals surface area contributed by atoms with Gasteiger partial charge in [-0.05, 0) is 54.0 Å². The second-order valence-corrected chi connectivity index (χ2v) is 6.56. The predicted octanol–water partition coefficient (Wildman–Crippen LogP) is 4.70. The number of halogens is 2. The molecule has 1 aliphatic rings. The van der Waals surface area contributed by atoms with Crippen molar-refractivity contribution in [3.05, 3.63) is 69.2 Å². The maximum atomic E-state index is 10.6. The first-order chi connectivity index (χ1) is 10.1. The smallest absolute Gasteiger partial charge is 0.0613 e. The molecule has 3 heteroatoms. The molecule has 1 aliphatic carbocycles. The van der Waals surface area contributed by atoms with Gasteiger partial charge >= 0.3 is 0 Å². The third-order valence-electron chi connectivity index (χ3n) is 4.40. The molecule has 2 unspecified atom stereocenters. The quantitative estimate of drug-likeness (QED) is 0.868. The molecule has 110 valence electrons. The summed E-state index contributed by atoms with van der Waals surface area (Å²) in [6, 6.07) is 14.0. The Morgan fingerprint density at radius 2 is 1.67 bits per heavy atom. The Morgan fingerprint density at radius 3 is 2.38 bits per heavy atom. The molecule has 3 rings (SSSR count). The lowest BCUT2D eigenvalue weighted by Crippen LogP contribution is -2.28. The average molecular weight is 321 g/mol. The highest BCUT2D eigenvalue weighted by Gasteiger charge is 2.25. The summed E-state index contributed by atoms with van der Waals surface area (Å²) in [5.74, 6) is 0.271. The van der Waals surface area contributed by atoms with E-state index in [9.17, 15) is 5.11 Å². The number of fused-ring (bicyclic) bond motifs is 1. The van der Waals surface area contributed by atoms with E-state index in [0.29, 0.717) is 16.5 Å². The molecule has 2 aromatic carbocycles. The van der Waals surface area contributed by atoms with E-state index in [1.807, 2.05) is 18.2 Å². The van der Waals surface area contributed by atoms with Crippen molar-refractivity contribution < 1.29 is 5.11 Å². The lowest BCUT2D eigenvalue weighted by molar-refractivity contribution is 0.0993. The van der Waals surface area contributed by atoms with Crippen LogP contribution in [0.1, 0.15) is 23.1 Å². The molecule has 0 aliphatic heterocycles. The van der Waals surface area contributed by atoms with Gasteiger partial charge < -0.3 is 5.11 Å². The zero-order valence-corrected chi connectivity index (χ0v) is 13.2. The lowest BCUT2D eigenvalue weighted by atomic mass is 9.79. The van der Waals surface area contributed by atoms with Gasteiger partial charge in [-0.2, -0.15) is 0 Å². The van der Waals surface area contributed by atoms with Crippen LogP contribution in [0.15, 0.2) is 42.5 Å². The highest BCUT2D eigenvalue weighted by atomic mass is 35.5. The van der Waals surface area contributed by atoms with Crippen molar-refractivity contribution >= 4 is 23.2 Å². The molecule has 0 saturated carbocycles. The van der Waals surface area contributed by atoms with Gasteiger partial charge in [-0.1, -0.05) is 53.5 Å². The summed E-state index contributed by atoms with van der Waals surface area (Å²) >= 11 is 12.4. The van der Waals surface area contributed by atoms with E-state index in [-0.39, 0.29) is 5.92 Å². The van der Waals surface area contributed by atoms with Gasteiger partial charge in [0.25, 0.3) is 0 Å². The molecule has 0 spiro atoms. The number of benzene rings is 2. The fraction of sp³-hybridized carbons (Fsp3) is 0.333. The summed E-state index contributed by atoms with van der Waals surface area (Å²) in [4.78, 5) is 0. The zero-order valence-electron chi connectivity index (χ0n) is 11.7. The summed E-state index contributed by atoms with van der Waals surface area (Å²) in [6.45, 7) is 0. The van der Waals surface area contributed by atoms with Crippen molar-refractivity contribution in [3.63, 3.8) is 0 Å². The number of hydrogen-bond acceptors (Lipinski definition) is 1. The standard InChI is InChI=1S/C18H18Cl2O/c19-16-6-3-7-17(20)15(16)11-18(21)14-9-8-12-4-1-2-5-13(12)10-14/h1-7,14,18,21H,8-11H2. The summed E-state index contributed by atoms with van der Waals surface area (Å²) in [5.41, 5.74) is 3.63. The van der Waals surface area contributed by atoms with Gasteiger partial charge in [0.2, 0.25) is 0 Å². The fourth-order valence-electron chi connectivity index (χ4n) is 3.16. The number of hydrogen-bond donors (Lipinski definition) is 1. The number of rotatable bonds is 3. The zero-order chi connectivity index (χ0) is 14.8. The molecule has 0 radical (unpaired) electrons. The van der Waals surface area contributed by atoms with Crippen LogP contribution in [0.5, 0.6) is 0 Å². The molecule has 21 heavy (non-hydrogen) atoms. The van der Waals surface area contributed by atoms with Gasteiger partial charge in [0.05, 0.1) is 6.10 Å². The fourth-order valence-corrected chi connectivity index (χ4v) is 3.71. The van der Waals surface area contributed by atoms with Crippen LogP contribution in [0, 0.1) is 5.92 Å². The molecule has 1 nitrogen and oxygen atoms in total. The molecule has 0 aromatic heterocycles. The highest BCUT2D eigenvalue weighted by molar-refractivity contribution is 6.35. The van der Waals surface area contributed by atoms with Gasteiger partial charge in [-0.15, -0.1) is 0 Å². The summed E-state index contributed by atoms with van der Waals surface area (Å²) in [7, 11) is 0. The Balaban J connectivity index is 1.74. The van der Waals surface area contributed by atoms with Gasteiger partial charge in [0.1, 0.15) is 0 Å². The molecular weight excluding hydrogens is 303 g/mol. The van der Waals surface area contributed by atoms with Crippen molar-refractivity contribution in [3.8, 4) is 0 Å². The third-order valence-corrected chi connectivity index (χ3v) is 5.11. The van der Waals surface area contributed by atoms with E-state index in [1.165, 1.54) is 11.1 Å². The van der Waals surface area contributed by atoms with Crippen molar-refractivity contribution in [2.24, 2.45) is 5.92 Å². The lowest BCUT2D eigenvalue weighted by Gasteiger charge is -2.29. The summed E-state index contributed by atoms with van der Waals surface area (Å²) in [6.07, 6.45) is 3.09. The van der Waals surface area contributed by atoms with Gasteiger partial charge in [0, 0.05) is 16.5 Å². The van der Waals surface area contributed by atoms with Gasteiger partial charge in [0.15, 0.2) is 0 Å². The maximum absolute atomic E-state index is 10.6. The molecular formula is C18H18Cl2O. The monoisotopic (exact) mass is 320 g/mol. The van der Waals surface area contributed by atoms with Crippen LogP contribution in [0.2, 0.25) is 10.0 Å². The Morgan fingerprint density at radius 1 is 1.00 bits per heavy atom. The van der Waals surface area contributed by atoms with Gasteiger partial charge in [-0.3, -0.25) is 0 Å². The van der Waals surface area contributed by atoms with E-state index >= 15 is 0 Å². The highest BCUT2D eigenvalue weighted by Crippen LogP contribution is 2.31. The SMILES string of the molecule is OC(Cc1c(Cl)cccc1Cl)C1CCc2ccccc2C1. The minimum Gasteiger partial charge on any atom is -0.392 e. The van der Waals surface area contributed by atoms with E-state index < -0.39 is 6.10 Å². The Bertz CT molecular complexity index is 619. The van der Waals surface area contributed by atoms with Crippen LogP contribution in [0.4, 0.5) is 0 Å². The van der Waals surface area contributed by atoms with Crippen molar-refractivity contribution in [1.29, 1.82) is 0 Å². The first-order valence-corrected chi connectivity index (χ1v) is 8.08. The number of aliphatic hydroxyl groups is 1. The Kier molecular flexibility index (Phi) is 4.54. The van der Waals surface area contributed by atoms with Crippen LogP contribution in [-0.4, -0.2) is 11.2 Å². The first kappa shape index (κ1) is 14.9. The predicted molar refractivity (Wildman–Crippen MR) is 88.1 cm³/mol. The average Bonchev–Trinajstić information content (AvgIpc) is 2.50. The largest absolute Gasteiger partial charge is 0.392 e. The second kappa shape index (κ2) is 6.39. The van der Waals surface area contributed by atoms with Crippen LogP contribution >= 0.6 is 23.2 Å². The van der Waals surface area contributed by atoms with E-state index in [4.69, 9.17) is 23.2 Å². The molecule has 0 bridgehead atoms. The van der Waals surface area contributed by atoms with Crippen LogP contribution in [-0.2, 0) is 19.3 Å². The van der Waals surface area contributed by atoms with E-state index in [1.54, 1.807) is 0 Å². The van der Waals surface area contributed by atoms with Gasteiger partial charge in [-0.25, -0.2) is 0 Å². The second-order valence-electron chi connectivity index (χ2n) is 5.74. The maximum Gasteiger partial charge on any atom is 0.0613 e. The van der Waals surface area contributed by atoms with E-state index in [0.717, 1.165) is 24.8 Å². The molecule has 2 aromatic rings. The third kappa shape index (κ3) is 3.26. The normalized spacial score (nSPS) is 19.1. The number of aryl methyl sites for hydroxylation is 1. The molecule has 0 amide bonds. The van der Waals surface area contributed by atoms with E-state index in [2.05, 4.69) is 24.3 Å². The topological polar surface area (TPSA) is 20.2 Å². The van der Waals surface area contributed by atoms with Crippen LogP contribution in [0.3, 0.4) is 0 Å². The molecule has 0 fully saturated rings. The molecule has 1 N–H and O–H groups in total. The molecule has 0 heterocycles. The van der Waals surface area contributed by atoms with Crippen molar-refractivity contribution in [1.82, 2.24) is 0 Å². The van der Waals surface area contributed by atoms with Crippen LogP contribution < -0.4 is 0 Å². The Labute approximate surface area is 135 Å². The van der Waals surface area contributed by atoms with Crippen molar-refractivity contribution in [2.75, 3.05) is 0 Å². The minimum atomic E-state index is -0.407. The van der Waals surface area contributed by atoms with Crippen LogP contribution in [0.25, 0.3) is 0 Å². The van der Waals surface area contributed by atoms with Crippen molar-refractivity contribution in [2.45, 2.75) is 31.8 Å².